The lowest BCUT2D eigenvalue weighted by molar-refractivity contribution is -0.147. The van der Waals surface area contributed by atoms with Crippen molar-refractivity contribution < 1.29 is 38.7 Å². The number of ether oxygens (including phenoxy) is 1. The number of hydrogen-bond acceptors (Lipinski definition) is 11. The summed E-state index contributed by atoms with van der Waals surface area (Å²) in [5, 5.41) is 31.1. The summed E-state index contributed by atoms with van der Waals surface area (Å²) in [6.45, 7) is 11.0. The molecule has 340 valence electrons. The van der Waals surface area contributed by atoms with E-state index < -0.39 is 59.9 Å². The van der Waals surface area contributed by atoms with Crippen LogP contribution in [0.5, 0.6) is 0 Å². The molecule has 1 saturated heterocycles. The van der Waals surface area contributed by atoms with E-state index in [1.54, 1.807) is 24.3 Å². The summed E-state index contributed by atoms with van der Waals surface area (Å²) in [4.78, 5) is 79.1. The Labute approximate surface area is 369 Å². The largest absolute Gasteiger partial charge is 0.391 e. The normalized spacial score (nSPS) is 16.1. The topological polar surface area (TPSA) is 206 Å². The van der Waals surface area contributed by atoms with Crippen molar-refractivity contribution in [2.45, 2.75) is 103 Å². The first-order valence-corrected chi connectivity index (χ1v) is 22.0. The smallest absolute Gasteiger partial charge is 0.243 e. The molecule has 3 aromatic carbocycles. The molecule has 16 heteroatoms. The number of morpholine rings is 1. The van der Waals surface area contributed by atoms with Gasteiger partial charge in [0.05, 0.1) is 25.8 Å². The number of ketones is 1. The zero-order valence-corrected chi connectivity index (χ0v) is 37.1. The molecule has 63 heavy (non-hydrogen) atoms. The fraction of sp³-hybridized carbons (Fsp3) is 0.511. The quantitative estimate of drug-likeness (QED) is 0.0693. The molecule has 1 aliphatic heterocycles. The number of hydrogen-bond donors (Lipinski definition) is 5. The van der Waals surface area contributed by atoms with E-state index in [4.69, 9.17) is 9.57 Å². The highest BCUT2D eigenvalue weighted by molar-refractivity contribution is 5.98. The van der Waals surface area contributed by atoms with Gasteiger partial charge in [0.25, 0.3) is 0 Å². The lowest BCUT2D eigenvalue weighted by Gasteiger charge is -2.30. The average molecular weight is 869 g/mol. The minimum Gasteiger partial charge on any atom is -0.391 e. The molecule has 2 heterocycles. The van der Waals surface area contributed by atoms with Gasteiger partial charge in [0, 0.05) is 19.5 Å². The van der Waals surface area contributed by atoms with Gasteiger partial charge in [0.15, 0.2) is 18.0 Å². The molecule has 5 rings (SSSR count). The number of fused-ring (bicyclic) bond motifs is 1. The van der Waals surface area contributed by atoms with Gasteiger partial charge < -0.3 is 35.9 Å². The van der Waals surface area contributed by atoms with Gasteiger partial charge in [-0.2, -0.15) is 0 Å². The summed E-state index contributed by atoms with van der Waals surface area (Å²) in [6.07, 6.45) is 1.90. The van der Waals surface area contributed by atoms with Crippen molar-refractivity contribution in [1.29, 1.82) is 0 Å². The summed E-state index contributed by atoms with van der Waals surface area (Å²) in [6, 6.07) is 21.5. The van der Waals surface area contributed by atoms with E-state index in [1.165, 1.54) is 6.92 Å². The van der Waals surface area contributed by atoms with Gasteiger partial charge in [-0.15, -0.1) is 5.10 Å². The molecule has 5 N–H and O–H groups in total. The minimum atomic E-state index is -2.06. The molecule has 2 unspecified atom stereocenters. The van der Waals surface area contributed by atoms with Crippen LogP contribution in [0.4, 0.5) is 0 Å². The number of amides is 4. The molecular formula is C47H64N8O8. The van der Waals surface area contributed by atoms with Crippen LogP contribution in [-0.4, -0.2) is 124 Å². The van der Waals surface area contributed by atoms with Crippen LogP contribution in [0.3, 0.4) is 0 Å². The number of aryl methyl sites for hydroxylation is 1. The Morgan fingerprint density at radius 3 is 1.94 bits per heavy atom. The highest BCUT2D eigenvalue weighted by Gasteiger charge is 2.40. The lowest BCUT2D eigenvalue weighted by atomic mass is 9.90. The Bertz CT molecular complexity index is 2090. The van der Waals surface area contributed by atoms with Crippen LogP contribution in [0.15, 0.2) is 84.9 Å². The van der Waals surface area contributed by atoms with Crippen LogP contribution in [0.1, 0.15) is 71.4 Å². The third-order valence-electron chi connectivity index (χ3n) is 10.9. The number of carbonyl (C=O) groups is 5. The van der Waals surface area contributed by atoms with E-state index in [0.717, 1.165) is 16.0 Å². The van der Waals surface area contributed by atoms with Gasteiger partial charge in [0.1, 0.15) is 29.2 Å². The highest BCUT2D eigenvalue weighted by atomic mass is 16.7. The third-order valence-corrected chi connectivity index (χ3v) is 10.9. The number of Topliss-reactive ketones (excluding diaryl/α,β-unsaturated/α-hetero) is 1. The van der Waals surface area contributed by atoms with Crippen molar-refractivity contribution in [3.05, 3.63) is 96.1 Å². The molecule has 1 fully saturated rings. The van der Waals surface area contributed by atoms with Gasteiger partial charge in [-0.1, -0.05) is 105 Å². The molecule has 4 aromatic rings. The van der Waals surface area contributed by atoms with Crippen LogP contribution in [0.25, 0.3) is 11.0 Å². The van der Waals surface area contributed by atoms with Crippen molar-refractivity contribution in [1.82, 2.24) is 41.3 Å². The first kappa shape index (κ1) is 48.3. The van der Waals surface area contributed by atoms with Gasteiger partial charge in [0.2, 0.25) is 23.6 Å². The SMILES string of the molecule is CC(C)CC[C@H](NC(=O)[C@H](CCc1ccccc1)NC(=O)CN1CCOCC1)C(=O)N[C@@H](Cc1ccccc1)C(=O)NC(CC(C)C)C(=O)C(C)(O)COn1nnc2ccccc21. The summed E-state index contributed by atoms with van der Waals surface area (Å²) in [7, 11) is 0. The van der Waals surface area contributed by atoms with Gasteiger partial charge in [-0.05, 0) is 79.3 Å². The standard InChI is InChI=1S/C47H64N8O8/c1-32(2)20-22-38(49-44(58)37(23-21-34-14-8-6-9-15-34)48-42(56)30-54-24-26-62-27-25-54)45(59)51-40(29-35-16-10-7-11-17-35)46(60)50-39(28-33(3)4)43(57)47(5,61)31-63-55-41-19-13-12-18-36(41)52-53-55/h6-19,32-33,37-40,61H,20-31H2,1-5H3,(H,48,56)(H,49,58)(H,50,60)(H,51,59)/t37-,38-,39?,40-,47?/m0/s1. The Balaban J connectivity index is 1.33. The van der Waals surface area contributed by atoms with Crippen LogP contribution < -0.4 is 26.1 Å². The number of aliphatic hydroxyl groups is 1. The van der Waals surface area contributed by atoms with Gasteiger partial charge in [-0.3, -0.25) is 28.9 Å². The zero-order chi connectivity index (χ0) is 45.4. The Hall–Kier alpha value is -5.71. The van der Waals surface area contributed by atoms with Crippen molar-refractivity contribution >= 4 is 40.4 Å². The first-order valence-electron chi connectivity index (χ1n) is 22.0. The number of benzene rings is 3. The van der Waals surface area contributed by atoms with Crippen molar-refractivity contribution in [2.24, 2.45) is 11.8 Å². The predicted molar refractivity (Wildman–Crippen MR) is 238 cm³/mol. The Morgan fingerprint density at radius 2 is 1.29 bits per heavy atom. The average Bonchev–Trinajstić information content (AvgIpc) is 3.69. The molecule has 5 atom stereocenters. The number of nitrogens with zero attached hydrogens (tertiary/aromatic N) is 4. The van der Waals surface area contributed by atoms with E-state index in [0.29, 0.717) is 50.2 Å². The fourth-order valence-corrected chi connectivity index (χ4v) is 7.35. The van der Waals surface area contributed by atoms with Crippen LogP contribution >= 0.6 is 0 Å². The number of rotatable bonds is 24. The Morgan fingerprint density at radius 1 is 0.714 bits per heavy atom. The summed E-state index contributed by atoms with van der Waals surface area (Å²) < 4.78 is 5.42. The van der Waals surface area contributed by atoms with Crippen molar-refractivity contribution in [3.8, 4) is 0 Å². The third kappa shape index (κ3) is 15.3. The molecule has 0 saturated carbocycles. The monoisotopic (exact) mass is 868 g/mol. The second-order valence-corrected chi connectivity index (χ2v) is 17.4. The molecule has 0 aliphatic carbocycles. The number of para-hydroxylation sites is 1. The maximum atomic E-state index is 14.4. The fourth-order valence-electron chi connectivity index (χ4n) is 7.35. The van der Waals surface area contributed by atoms with E-state index in [9.17, 15) is 29.1 Å². The summed E-state index contributed by atoms with van der Waals surface area (Å²) in [5.74, 6) is -2.62. The lowest BCUT2D eigenvalue weighted by Crippen LogP contribution is -2.60. The maximum absolute atomic E-state index is 14.4. The molecule has 4 amide bonds. The van der Waals surface area contributed by atoms with Crippen LogP contribution in [0, 0.1) is 11.8 Å². The summed E-state index contributed by atoms with van der Waals surface area (Å²) in [5.41, 5.74) is 0.802. The molecule has 0 spiro atoms. The predicted octanol–water partition coefficient (Wildman–Crippen LogP) is 2.81. The van der Waals surface area contributed by atoms with Crippen LogP contribution in [0.2, 0.25) is 0 Å². The van der Waals surface area contributed by atoms with Gasteiger partial charge >= 0.3 is 0 Å². The molecule has 16 nitrogen and oxygen atoms in total. The molecule has 0 radical (unpaired) electrons. The Kier molecular flexibility index (Phi) is 18.1. The molecule has 1 aliphatic rings. The number of aromatic nitrogens is 3. The molecule has 0 bridgehead atoms. The highest BCUT2D eigenvalue weighted by Crippen LogP contribution is 2.17. The maximum Gasteiger partial charge on any atom is 0.243 e. The van der Waals surface area contributed by atoms with Crippen molar-refractivity contribution in [3.63, 3.8) is 0 Å². The van der Waals surface area contributed by atoms with E-state index >= 15 is 0 Å². The van der Waals surface area contributed by atoms with Crippen LogP contribution in [-0.2, 0) is 41.6 Å². The number of carbonyl (C=O) groups excluding carboxylic acids is 5. The molecular weight excluding hydrogens is 805 g/mol. The second-order valence-electron chi connectivity index (χ2n) is 17.4. The first-order chi connectivity index (χ1) is 30.2. The second kappa shape index (κ2) is 23.7. The minimum absolute atomic E-state index is 0.0715. The van der Waals surface area contributed by atoms with E-state index in [-0.39, 0.29) is 50.0 Å². The van der Waals surface area contributed by atoms with E-state index in [1.807, 2.05) is 93.3 Å². The zero-order valence-electron chi connectivity index (χ0n) is 37.1. The molecule has 1 aromatic heterocycles. The van der Waals surface area contributed by atoms with Crippen molar-refractivity contribution in [2.75, 3.05) is 39.5 Å². The van der Waals surface area contributed by atoms with E-state index in [2.05, 4.69) is 31.6 Å². The van der Waals surface area contributed by atoms with Gasteiger partial charge in [-0.25, -0.2) is 0 Å². The number of nitrogens with one attached hydrogen (secondary N) is 4. The summed E-state index contributed by atoms with van der Waals surface area (Å²) >= 11 is 0.